The van der Waals surface area contributed by atoms with Crippen molar-refractivity contribution in [3.63, 3.8) is 0 Å². The summed E-state index contributed by atoms with van der Waals surface area (Å²) in [4.78, 5) is 34.5. The summed E-state index contributed by atoms with van der Waals surface area (Å²) in [6.45, 7) is 7.10. The summed E-state index contributed by atoms with van der Waals surface area (Å²) in [7, 11) is 0. The first kappa shape index (κ1) is 19.4. The lowest BCUT2D eigenvalue weighted by atomic mass is 9.99. The van der Waals surface area contributed by atoms with E-state index in [1.54, 1.807) is 6.92 Å². The van der Waals surface area contributed by atoms with Crippen LogP contribution in [0.2, 0.25) is 0 Å². The monoisotopic (exact) mass is 301 g/mol. The van der Waals surface area contributed by atoms with Crippen LogP contribution >= 0.6 is 0 Å². The second kappa shape index (κ2) is 9.33. The average molecular weight is 301 g/mol. The van der Waals surface area contributed by atoms with Gasteiger partial charge < -0.3 is 21.5 Å². The summed E-state index contributed by atoms with van der Waals surface area (Å²) in [6.07, 6.45) is 1.39. The molecule has 4 atom stereocenters. The number of carboxylic acid groups (broad SMARTS) is 1. The SMILES string of the molecule is CC[C@H](C)[C@H](N)C(=O)NCC(=O)N[C@H](C(=O)O)[C@@H](C)CC. The maximum atomic E-state index is 11.7. The van der Waals surface area contributed by atoms with Gasteiger partial charge in [0.15, 0.2) is 0 Å². The minimum Gasteiger partial charge on any atom is -0.480 e. The number of nitrogens with two attached hydrogens (primary N) is 1. The fraction of sp³-hybridized carbons (Fsp3) is 0.786. The molecule has 0 saturated heterocycles. The van der Waals surface area contributed by atoms with Gasteiger partial charge in [-0.2, -0.15) is 0 Å². The number of hydrogen-bond donors (Lipinski definition) is 4. The van der Waals surface area contributed by atoms with Crippen LogP contribution in [0, 0.1) is 11.8 Å². The molecule has 0 saturated carbocycles. The molecule has 0 aromatic carbocycles. The highest BCUT2D eigenvalue weighted by Crippen LogP contribution is 2.08. The van der Waals surface area contributed by atoms with Crippen LogP contribution < -0.4 is 16.4 Å². The first-order chi connectivity index (χ1) is 9.74. The maximum absolute atomic E-state index is 11.7. The van der Waals surface area contributed by atoms with Gasteiger partial charge in [0, 0.05) is 0 Å². The summed E-state index contributed by atoms with van der Waals surface area (Å²) >= 11 is 0. The Labute approximate surface area is 125 Å². The van der Waals surface area contributed by atoms with E-state index in [-0.39, 0.29) is 18.4 Å². The highest BCUT2D eigenvalue weighted by Gasteiger charge is 2.26. The second-order valence-corrected chi connectivity index (χ2v) is 5.40. The maximum Gasteiger partial charge on any atom is 0.326 e. The third-order valence-corrected chi connectivity index (χ3v) is 3.78. The van der Waals surface area contributed by atoms with Crippen molar-refractivity contribution in [2.45, 2.75) is 52.6 Å². The smallest absolute Gasteiger partial charge is 0.326 e. The summed E-state index contributed by atoms with van der Waals surface area (Å²) in [6, 6.07) is -1.63. The molecule has 0 aromatic heterocycles. The van der Waals surface area contributed by atoms with Gasteiger partial charge in [0.1, 0.15) is 6.04 Å². The number of amides is 2. The summed E-state index contributed by atoms with van der Waals surface area (Å²) < 4.78 is 0. The van der Waals surface area contributed by atoms with Gasteiger partial charge in [-0.3, -0.25) is 9.59 Å². The summed E-state index contributed by atoms with van der Waals surface area (Å²) in [5, 5.41) is 13.9. The molecular formula is C14H27N3O4. The number of carbonyl (C=O) groups excluding carboxylic acids is 2. The van der Waals surface area contributed by atoms with Crippen molar-refractivity contribution in [3.8, 4) is 0 Å². The summed E-state index contributed by atoms with van der Waals surface area (Å²) in [5.74, 6) is -2.20. The largest absolute Gasteiger partial charge is 0.480 e. The molecule has 0 unspecified atom stereocenters. The van der Waals surface area contributed by atoms with E-state index in [1.165, 1.54) is 0 Å². The van der Waals surface area contributed by atoms with Crippen LogP contribution in [-0.4, -0.2) is 41.5 Å². The molecule has 21 heavy (non-hydrogen) atoms. The van der Waals surface area contributed by atoms with Gasteiger partial charge in [-0.1, -0.05) is 40.5 Å². The lowest BCUT2D eigenvalue weighted by Crippen LogP contribution is -2.51. The standard InChI is InChI=1S/C14H27N3O4/c1-5-8(3)11(15)13(19)16-7-10(18)17-12(14(20)21)9(4)6-2/h8-9,11-12H,5-7,15H2,1-4H3,(H,16,19)(H,17,18)(H,20,21)/t8-,9-,11-,12-/m0/s1. The molecule has 7 heteroatoms. The zero-order chi connectivity index (χ0) is 16.6. The number of aliphatic carboxylic acids is 1. The molecule has 0 aliphatic heterocycles. The van der Waals surface area contributed by atoms with E-state index in [0.717, 1.165) is 6.42 Å². The van der Waals surface area contributed by atoms with Gasteiger partial charge in [-0.25, -0.2) is 4.79 Å². The van der Waals surface area contributed by atoms with E-state index in [1.807, 2.05) is 20.8 Å². The molecule has 0 aromatic rings. The predicted octanol–water partition coefficient (Wildman–Crippen LogP) is 0.0915. The Kier molecular flexibility index (Phi) is 8.61. The van der Waals surface area contributed by atoms with Crippen LogP contribution in [0.5, 0.6) is 0 Å². The van der Waals surface area contributed by atoms with E-state index < -0.39 is 29.9 Å². The number of carbonyl (C=O) groups is 3. The third kappa shape index (κ3) is 6.57. The van der Waals surface area contributed by atoms with E-state index in [0.29, 0.717) is 6.42 Å². The van der Waals surface area contributed by atoms with Crippen molar-refractivity contribution in [1.82, 2.24) is 10.6 Å². The molecule has 0 aliphatic carbocycles. The quantitative estimate of drug-likeness (QED) is 0.481. The molecule has 0 rings (SSSR count). The van der Waals surface area contributed by atoms with Gasteiger partial charge in [0.05, 0.1) is 12.6 Å². The average Bonchev–Trinajstić information content (AvgIpc) is 2.47. The molecule has 0 heterocycles. The van der Waals surface area contributed by atoms with Crippen molar-refractivity contribution in [3.05, 3.63) is 0 Å². The molecule has 0 bridgehead atoms. The molecule has 0 fully saturated rings. The fourth-order valence-electron chi connectivity index (χ4n) is 1.71. The Bertz CT molecular complexity index is 373. The van der Waals surface area contributed by atoms with Crippen LogP contribution in [0.3, 0.4) is 0 Å². The van der Waals surface area contributed by atoms with Crippen molar-refractivity contribution in [2.75, 3.05) is 6.54 Å². The minimum atomic E-state index is -1.08. The molecule has 0 spiro atoms. The second-order valence-electron chi connectivity index (χ2n) is 5.40. The molecule has 2 amide bonds. The van der Waals surface area contributed by atoms with Crippen LogP contribution in [0.1, 0.15) is 40.5 Å². The van der Waals surface area contributed by atoms with E-state index in [9.17, 15) is 14.4 Å². The van der Waals surface area contributed by atoms with Crippen LogP contribution in [0.25, 0.3) is 0 Å². The third-order valence-electron chi connectivity index (χ3n) is 3.78. The number of rotatable bonds is 9. The Morgan fingerprint density at radius 3 is 2.05 bits per heavy atom. The normalized spacial score (nSPS) is 16.4. The molecule has 5 N–H and O–H groups in total. The Balaban J connectivity index is 4.37. The Hall–Kier alpha value is -1.63. The van der Waals surface area contributed by atoms with Crippen LogP contribution in [0.15, 0.2) is 0 Å². The topological polar surface area (TPSA) is 122 Å². The first-order valence-corrected chi connectivity index (χ1v) is 7.29. The van der Waals surface area contributed by atoms with Crippen LogP contribution in [0.4, 0.5) is 0 Å². The molecule has 0 aliphatic rings. The van der Waals surface area contributed by atoms with Crippen molar-refractivity contribution < 1.29 is 19.5 Å². The minimum absolute atomic E-state index is 0.0138. The zero-order valence-corrected chi connectivity index (χ0v) is 13.2. The van der Waals surface area contributed by atoms with Crippen molar-refractivity contribution in [1.29, 1.82) is 0 Å². The van der Waals surface area contributed by atoms with Crippen molar-refractivity contribution >= 4 is 17.8 Å². The molecule has 0 radical (unpaired) electrons. The number of nitrogens with one attached hydrogen (secondary N) is 2. The highest BCUT2D eigenvalue weighted by molar-refractivity contribution is 5.89. The lowest BCUT2D eigenvalue weighted by molar-refractivity contribution is -0.143. The van der Waals surface area contributed by atoms with Crippen molar-refractivity contribution in [2.24, 2.45) is 17.6 Å². The molecular weight excluding hydrogens is 274 g/mol. The first-order valence-electron chi connectivity index (χ1n) is 7.29. The van der Waals surface area contributed by atoms with Gasteiger partial charge in [-0.05, 0) is 11.8 Å². The fourth-order valence-corrected chi connectivity index (χ4v) is 1.71. The number of hydrogen-bond acceptors (Lipinski definition) is 4. The van der Waals surface area contributed by atoms with E-state index in [2.05, 4.69) is 10.6 Å². The van der Waals surface area contributed by atoms with Gasteiger partial charge >= 0.3 is 5.97 Å². The van der Waals surface area contributed by atoms with Gasteiger partial charge in [0.25, 0.3) is 0 Å². The van der Waals surface area contributed by atoms with E-state index in [4.69, 9.17) is 10.8 Å². The predicted molar refractivity (Wildman–Crippen MR) is 79.5 cm³/mol. The summed E-state index contributed by atoms with van der Waals surface area (Å²) in [5.41, 5.74) is 5.74. The highest BCUT2D eigenvalue weighted by atomic mass is 16.4. The zero-order valence-electron chi connectivity index (χ0n) is 13.2. The number of carboxylic acids is 1. The van der Waals surface area contributed by atoms with Gasteiger partial charge in [0.2, 0.25) is 11.8 Å². The molecule has 7 nitrogen and oxygen atoms in total. The lowest BCUT2D eigenvalue weighted by Gasteiger charge is -2.21. The van der Waals surface area contributed by atoms with E-state index >= 15 is 0 Å². The van der Waals surface area contributed by atoms with Gasteiger partial charge in [-0.15, -0.1) is 0 Å². The Morgan fingerprint density at radius 1 is 1.10 bits per heavy atom. The Morgan fingerprint density at radius 2 is 1.62 bits per heavy atom. The molecule has 122 valence electrons. The van der Waals surface area contributed by atoms with Crippen LogP contribution in [-0.2, 0) is 14.4 Å².